The summed E-state index contributed by atoms with van der Waals surface area (Å²) in [5.41, 5.74) is 0. The third kappa shape index (κ3) is 2.14. The Morgan fingerprint density at radius 3 is 1.60 bits per heavy atom. The predicted molar refractivity (Wildman–Crippen MR) is 24.9 cm³/mol. The first-order chi connectivity index (χ1) is 1.89. The van der Waals surface area contributed by atoms with Gasteiger partial charge in [-0.2, -0.15) is 0 Å². The molecule has 1 rings (SSSR count). The fourth-order valence-electron chi connectivity index (χ4n) is 0.0577. The Hall–Kier alpha value is 0.350. The summed E-state index contributed by atoms with van der Waals surface area (Å²) in [6.45, 7) is 2.56. The molecule has 1 heterocycles. The first-order valence-corrected chi connectivity index (χ1v) is 1.91. The van der Waals surface area contributed by atoms with E-state index in [4.69, 9.17) is 0 Å². The van der Waals surface area contributed by atoms with Crippen molar-refractivity contribution in [3.8, 4) is 0 Å². The van der Waals surface area contributed by atoms with Crippen LogP contribution < -0.4 is 0 Å². The van der Waals surface area contributed by atoms with Crippen molar-refractivity contribution < 1.29 is 5.48 Å². The van der Waals surface area contributed by atoms with E-state index in [1.807, 2.05) is 0 Å². The largest absolute Gasteiger partial charge is 0.412 e. The number of nitrogens with zero attached hydrogens (tertiary/aromatic N) is 1. The van der Waals surface area contributed by atoms with Gasteiger partial charge in [0.05, 0.1) is 0 Å². The summed E-state index contributed by atoms with van der Waals surface area (Å²) in [5.74, 6) is 0. The summed E-state index contributed by atoms with van der Waals surface area (Å²) in [6, 6.07) is 0. The highest BCUT2D eigenvalue weighted by atomic mass is 31.0. The second kappa shape index (κ2) is 1.71. The van der Waals surface area contributed by atoms with Gasteiger partial charge in [0.15, 0.2) is 0 Å². The van der Waals surface area contributed by atoms with E-state index in [0.29, 0.717) is 0 Å². The topological polar surface area (TPSA) is 34.5 Å². The summed E-state index contributed by atoms with van der Waals surface area (Å²) in [7, 11) is 2.60. The van der Waals surface area contributed by atoms with Crippen LogP contribution in [0.15, 0.2) is 0 Å². The molecule has 0 bridgehead atoms. The van der Waals surface area contributed by atoms with Gasteiger partial charge in [-0.25, -0.2) is 0 Å². The van der Waals surface area contributed by atoms with Crippen molar-refractivity contribution in [3.05, 3.63) is 0 Å². The van der Waals surface area contributed by atoms with Crippen molar-refractivity contribution in [3.63, 3.8) is 0 Å². The van der Waals surface area contributed by atoms with Crippen LogP contribution in [0.1, 0.15) is 0 Å². The highest BCUT2D eigenvalue weighted by molar-refractivity contribution is 7.13. The summed E-state index contributed by atoms with van der Waals surface area (Å²) in [5, 5.41) is 0. The summed E-state index contributed by atoms with van der Waals surface area (Å²) in [6.07, 6.45) is 0. The molecule has 0 amide bonds. The molecule has 0 aromatic heterocycles. The molecule has 32 valence electrons. The molecular formula is C2H8NOP. The van der Waals surface area contributed by atoms with E-state index in [2.05, 4.69) is 14.1 Å². The SMILES string of the molecule is O.PN1CC1. The van der Waals surface area contributed by atoms with E-state index in [0.717, 1.165) is 0 Å². The minimum absolute atomic E-state index is 0. The zero-order chi connectivity index (χ0) is 2.99. The monoisotopic (exact) mass is 93.0 g/mol. The minimum Gasteiger partial charge on any atom is -0.412 e. The van der Waals surface area contributed by atoms with Crippen LogP contribution in [0.2, 0.25) is 0 Å². The molecule has 1 fully saturated rings. The van der Waals surface area contributed by atoms with Gasteiger partial charge < -0.3 is 5.48 Å². The van der Waals surface area contributed by atoms with Crippen LogP contribution >= 0.6 is 9.39 Å². The van der Waals surface area contributed by atoms with Gasteiger partial charge in [-0.05, 0) is 0 Å². The van der Waals surface area contributed by atoms with E-state index < -0.39 is 0 Å². The molecule has 1 aliphatic rings. The number of hydrogen-bond donors (Lipinski definition) is 0. The van der Waals surface area contributed by atoms with E-state index in [1.54, 1.807) is 0 Å². The van der Waals surface area contributed by atoms with Crippen molar-refractivity contribution in [1.29, 1.82) is 0 Å². The lowest BCUT2D eigenvalue weighted by atomic mass is 11.0. The van der Waals surface area contributed by atoms with Crippen molar-refractivity contribution in [2.45, 2.75) is 0 Å². The van der Waals surface area contributed by atoms with Gasteiger partial charge in [0, 0.05) is 13.1 Å². The second-order valence-electron chi connectivity index (χ2n) is 1.04. The third-order valence-corrected chi connectivity index (χ3v) is 0.998. The molecule has 0 radical (unpaired) electrons. The maximum Gasteiger partial charge on any atom is 0.0148 e. The Morgan fingerprint density at radius 2 is 1.60 bits per heavy atom. The Balaban J connectivity index is 0.000000160. The third-order valence-electron chi connectivity index (χ3n) is 0.482. The van der Waals surface area contributed by atoms with Crippen LogP contribution in [0.4, 0.5) is 0 Å². The van der Waals surface area contributed by atoms with E-state index in [9.17, 15) is 0 Å². The highest BCUT2D eigenvalue weighted by Gasteiger charge is 2.07. The van der Waals surface area contributed by atoms with Crippen LogP contribution in [0.25, 0.3) is 0 Å². The molecule has 1 aliphatic heterocycles. The molecule has 1 saturated heterocycles. The highest BCUT2D eigenvalue weighted by Crippen LogP contribution is 2.07. The van der Waals surface area contributed by atoms with Crippen LogP contribution in [0, 0.1) is 0 Å². The smallest absolute Gasteiger partial charge is 0.0148 e. The lowest BCUT2D eigenvalue weighted by molar-refractivity contribution is 0.824. The average Bonchev–Trinajstić information content (AvgIpc) is 1.75. The van der Waals surface area contributed by atoms with Crippen LogP contribution in [-0.4, -0.2) is 23.2 Å². The summed E-state index contributed by atoms with van der Waals surface area (Å²) in [4.78, 5) is 0. The molecule has 0 aromatic rings. The van der Waals surface area contributed by atoms with Crippen molar-refractivity contribution in [2.75, 3.05) is 13.1 Å². The molecular weight excluding hydrogens is 85.0 g/mol. The van der Waals surface area contributed by atoms with Gasteiger partial charge >= 0.3 is 0 Å². The molecule has 2 nitrogen and oxygen atoms in total. The van der Waals surface area contributed by atoms with E-state index in [-0.39, 0.29) is 5.48 Å². The van der Waals surface area contributed by atoms with Crippen LogP contribution in [-0.2, 0) is 0 Å². The zero-order valence-corrected chi connectivity index (χ0v) is 4.09. The number of hydrogen-bond acceptors (Lipinski definition) is 1. The molecule has 0 aliphatic carbocycles. The van der Waals surface area contributed by atoms with Gasteiger partial charge in [-0.1, -0.05) is 9.39 Å². The van der Waals surface area contributed by atoms with Gasteiger partial charge in [-0.3, -0.25) is 4.67 Å². The fourth-order valence-corrected chi connectivity index (χ4v) is 0.173. The molecule has 0 spiro atoms. The molecule has 5 heavy (non-hydrogen) atoms. The van der Waals surface area contributed by atoms with E-state index in [1.165, 1.54) is 13.1 Å². The maximum absolute atomic E-state index is 2.60. The lowest BCUT2D eigenvalue weighted by Crippen LogP contribution is -1.57. The van der Waals surface area contributed by atoms with Gasteiger partial charge in [0.1, 0.15) is 0 Å². The Kier molecular flexibility index (Phi) is 1.82. The Morgan fingerprint density at radius 1 is 1.40 bits per heavy atom. The number of rotatable bonds is 0. The Bertz CT molecular complexity index is 28.8. The predicted octanol–water partition coefficient (Wildman–Crippen LogP) is -0.733. The quantitative estimate of drug-likeness (QED) is 0.287. The molecule has 2 N–H and O–H groups in total. The van der Waals surface area contributed by atoms with Crippen LogP contribution in [0.3, 0.4) is 0 Å². The molecule has 3 heteroatoms. The first kappa shape index (κ1) is 5.35. The zero-order valence-electron chi connectivity index (χ0n) is 2.94. The first-order valence-electron chi connectivity index (χ1n) is 1.39. The molecule has 1 unspecified atom stereocenters. The maximum atomic E-state index is 2.60. The van der Waals surface area contributed by atoms with Crippen molar-refractivity contribution in [2.24, 2.45) is 0 Å². The van der Waals surface area contributed by atoms with Crippen molar-refractivity contribution >= 4 is 9.39 Å². The fraction of sp³-hybridized carbons (Fsp3) is 1.00. The van der Waals surface area contributed by atoms with Crippen molar-refractivity contribution in [1.82, 2.24) is 4.67 Å². The Labute approximate surface area is 33.7 Å². The standard InChI is InChI=1S/C2H6NP.H2O/c4-3-1-2-3;/h1-2,4H2;1H2. The van der Waals surface area contributed by atoms with Gasteiger partial charge in [-0.15, -0.1) is 0 Å². The van der Waals surface area contributed by atoms with Gasteiger partial charge in [0.25, 0.3) is 0 Å². The summed E-state index contributed by atoms with van der Waals surface area (Å²) < 4.78 is 2.17. The molecule has 1 atom stereocenters. The van der Waals surface area contributed by atoms with Crippen LogP contribution in [0.5, 0.6) is 0 Å². The van der Waals surface area contributed by atoms with E-state index >= 15 is 0 Å². The lowest BCUT2D eigenvalue weighted by Gasteiger charge is -1.66. The molecule has 0 saturated carbocycles. The summed E-state index contributed by atoms with van der Waals surface area (Å²) >= 11 is 0. The minimum atomic E-state index is 0. The molecule has 0 aromatic carbocycles. The second-order valence-corrected chi connectivity index (χ2v) is 1.77. The average molecular weight is 93.1 g/mol. The normalized spacial score (nSPS) is 21.0. The van der Waals surface area contributed by atoms with Gasteiger partial charge in [0.2, 0.25) is 0 Å².